The molecule has 0 saturated carbocycles. The van der Waals surface area contributed by atoms with Gasteiger partial charge >= 0.3 is 17.9 Å². The van der Waals surface area contributed by atoms with Gasteiger partial charge in [0.1, 0.15) is 13.2 Å². The number of allylic oxidation sites excluding steroid dienone is 2. The molecule has 0 saturated heterocycles. The molecule has 0 aromatic heterocycles. The fourth-order valence-electron chi connectivity index (χ4n) is 10.8. The molecule has 6 heteroatoms. The lowest BCUT2D eigenvalue weighted by Gasteiger charge is -2.18. The third kappa shape index (κ3) is 63.0. The van der Waals surface area contributed by atoms with Crippen LogP contribution in [0.5, 0.6) is 0 Å². The smallest absolute Gasteiger partial charge is 0.306 e. The molecule has 0 heterocycles. The molecule has 0 aliphatic rings. The standard InChI is InChI=1S/C70H134O6/c1-4-7-10-13-16-19-22-25-27-29-30-31-32-33-34-35-36-37-38-39-40-41-42-44-45-48-51-54-57-60-63-69(72)75-66-67(65-74-68(71)62-59-56-53-50-47-24-21-18-15-12-9-6-3)76-70(73)64-61-58-55-52-49-46-43-28-26-23-20-17-14-11-8-5-2/h28,43,67H,4-27,29-42,44-66H2,1-3H3/b43-28-. The van der Waals surface area contributed by atoms with Crippen LogP contribution in [-0.4, -0.2) is 37.2 Å². The lowest BCUT2D eigenvalue weighted by atomic mass is 10.0. The van der Waals surface area contributed by atoms with E-state index in [4.69, 9.17) is 14.2 Å². The second-order valence-corrected chi connectivity index (χ2v) is 23.8. The van der Waals surface area contributed by atoms with Crippen LogP contribution in [0.4, 0.5) is 0 Å². The Bertz CT molecular complexity index is 1180. The first-order valence-corrected chi connectivity index (χ1v) is 34.7. The fraction of sp³-hybridized carbons (Fsp3) is 0.929. The molecule has 1 atom stereocenters. The Morgan fingerprint density at radius 3 is 0.658 bits per heavy atom. The highest BCUT2D eigenvalue weighted by Crippen LogP contribution is 2.19. The van der Waals surface area contributed by atoms with Gasteiger partial charge in [-0.15, -0.1) is 0 Å². The summed E-state index contributed by atoms with van der Waals surface area (Å²) in [6.45, 7) is 6.70. The van der Waals surface area contributed by atoms with Gasteiger partial charge in [0.05, 0.1) is 0 Å². The van der Waals surface area contributed by atoms with Gasteiger partial charge in [-0.2, -0.15) is 0 Å². The van der Waals surface area contributed by atoms with Crippen LogP contribution in [0.1, 0.15) is 400 Å². The van der Waals surface area contributed by atoms with Crippen molar-refractivity contribution in [1.82, 2.24) is 0 Å². The van der Waals surface area contributed by atoms with Crippen LogP contribution < -0.4 is 0 Å². The summed E-state index contributed by atoms with van der Waals surface area (Å²) < 4.78 is 16.9. The van der Waals surface area contributed by atoms with E-state index in [1.807, 2.05) is 0 Å². The second kappa shape index (κ2) is 65.7. The van der Waals surface area contributed by atoms with Crippen molar-refractivity contribution < 1.29 is 28.6 Å². The molecule has 0 amide bonds. The van der Waals surface area contributed by atoms with Gasteiger partial charge in [-0.05, 0) is 44.9 Å². The van der Waals surface area contributed by atoms with E-state index < -0.39 is 6.10 Å². The van der Waals surface area contributed by atoms with Gasteiger partial charge in [-0.3, -0.25) is 14.4 Å². The minimum Gasteiger partial charge on any atom is -0.462 e. The second-order valence-electron chi connectivity index (χ2n) is 23.8. The normalized spacial score (nSPS) is 12.0. The highest BCUT2D eigenvalue weighted by Gasteiger charge is 2.19. The van der Waals surface area contributed by atoms with Crippen molar-refractivity contribution in [3.8, 4) is 0 Å². The minimum absolute atomic E-state index is 0.0669. The number of unbranched alkanes of at least 4 members (excludes halogenated alkanes) is 52. The number of hydrogen-bond donors (Lipinski definition) is 0. The predicted octanol–water partition coefficient (Wildman–Crippen LogP) is 23.6. The molecule has 0 fully saturated rings. The molecule has 6 nitrogen and oxygen atoms in total. The average molecular weight is 1070 g/mol. The summed E-state index contributed by atoms with van der Waals surface area (Å²) in [6, 6.07) is 0. The summed E-state index contributed by atoms with van der Waals surface area (Å²) in [4.78, 5) is 38.3. The first-order valence-electron chi connectivity index (χ1n) is 34.7. The van der Waals surface area contributed by atoms with Gasteiger partial charge in [0, 0.05) is 19.3 Å². The van der Waals surface area contributed by atoms with Gasteiger partial charge in [0.2, 0.25) is 0 Å². The Labute approximate surface area is 475 Å². The molecule has 0 spiro atoms. The predicted molar refractivity (Wildman–Crippen MR) is 330 cm³/mol. The zero-order valence-corrected chi connectivity index (χ0v) is 51.8. The van der Waals surface area contributed by atoms with E-state index in [0.29, 0.717) is 19.3 Å². The van der Waals surface area contributed by atoms with Crippen molar-refractivity contribution in [3.05, 3.63) is 12.2 Å². The number of rotatable bonds is 65. The monoisotopic (exact) mass is 1070 g/mol. The molecule has 0 bridgehead atoms. The summed E-state index contributed by atoms with van der Waals surface area (Å²) in [5, 5.41) is 0. The Morgan fingerprint density at radius 2 is 0.434 bits per heavy atom. The van der Waals surface area contributed by atoms with Crippen molar-refractivity contribution in [2.45, 2.75) is 406 Å². The number of carbonyl (C=O) groups is 3. The quantitative estimate of drug-likeness (QED) is 0.0261. The van der Waals surface area contributed by atoms with Gasteiger partial charge in [-0.1, -0.05) is 348 Å². The molecule has 0 aliphatic heterocycles. The highest BCUT2D eigenvalue weighted by molar-refractivity contribution is 5.71. The maximum absolute atomic E-state index is 12.9. The van der Waals surface area contributed by atoms with Crippen LogP contribution in [0.15, 0.2) is 12.2 Å². The Hall–Kier alpha value is -1.85. The zero-order valence-electron chi connectivity index (χ0n) is 51.8. The van der Waals surface area contributed by atoms with E-state index >= 15 is 0 Å². The highest BCUT2D eigenvalue weighted by atomic mass is 16.6. The van der Waals surface area contributed by atoms with Gasteiger partial charge in [-0.25, -0.2) is 0 Å². The van der Waals surface area contributed by atoms with Crippen LogP contribution in [-0.2, 0) is 28.6 Å². The molecule has 450 valence electrons. The van der Waals surface area contributed by atoms with Crippen LogP contribution in [0.2, 0.25) is 0 Å². The fourth-order valence-corrected chi connectivity index (χ4v) is 10.8. The number of esters is 3. The summed E-state index contributed by atoms with van der Waals surface area (Å²) in [5.41, 5.74) is 0. The Balaban J connectivity index is 4.10. The summed E-state index contributed by atoms with van der Waals surface area (Å²) in [6.07, 6.45) is 78.2. The van der Waals surface area contributed by atoms with Crippen molar-refractivity contribution in [2.75, 3.05) is 13.2 Å². The molecule has 0 radical (unpaired) electrons. The number of carbonyl (C=O) groups excluding carboxylic acids is 3. The molecule has 1 unspecified atom stereocenters. The molecule has 0 rings (SSSR count). The molecular weight excluding hydrogens is 937 g/mol. The van der Waals surface area contributed by atoms with E-state index in [9.17, 15) is 14.4 Å². The van der Waals surface area contributed by atoms with Gasteiger partial charge in [0.15, 0.2) is 6.10 Å². The largest absolute Gasteiger partial charge is 0.462 e. The lowest BCUT2D eigenvalue weighted by molar-refractivity contribution is -0.167. The van der Waals surface area contributed by atoms with Crippen LogP contribution in [0.3, 0.4) is 0 Å². The van der Waals surface area contributed by atoms with Crippen LogP contribution in [0.25, 0.3) is 0 Å². The molecule has 0 N–H and O–H groups in total. The molecule has 76 heavy (non-hydrogen) atoms. The van der Waals surface area contributed by atoms with Crippen molar-refractivity contribution in [1.29, 1.82) is 0 Å². The number of ether oxygens (including phenoxy) is 3. The van der Waals surface area contributed by atoms with E-state index in [1.165, 1.54) is 295 Å². The first kappa shape index (κ1) is 74.2. The molecule has 0 aliphatic carbocycles. The van der Waals surface area contributed by atoms with Crippen LogP contribution >= 0.6 is 0 Å². The van der Waals surface area contributed by atoms with E-state index in [-0.39, 0.29) is 31.1 Å². The van der Waals surface area contributed by atoms with Gasteiger partial charge < -0.3 is 14.2 Å². The van der Waals surface area contributed by atoms with E-state index in [2.05, 4.69) is 32.9 Å². The molecule has 0 aromatic carbocycles. The van der Waals surface area contributed by atoms with Crippen LogP contribution in [0, 0.1) is 0 Å². The summed E-state index contributed by atoms with van der Waals surface area (Å²) >= 11 is 0. The molecular formula is C70H134O6. The minimum atomic E-state index is -0.770. The average Bonchev–Trinajstić information content (AvgIpc) is 3.42. The Morgan fingerprint density at radius 1 is 0.250 bits per heavy atom. The SMILES string of the molecule is CCCCCCCCC/C=C\CCCCCCCC(=O)OC(COC(=O)CCCCCCCCCCCCCC)COC(=O)CCCCCCCCCCCCCCCCCCCCCCCCCCCCCCCC. The maximum Gasteiger partial charge on any atom is 0.306 e. The molecule has 0 aromatic rings. The topological polar surface area (TPSA) is 78.9 Å². The van der Waals surface area contributed by atoms with E-state index in [1.54, 1.807) is 0 Å². The zero-order chi connectivity index (χ0) is 55.0. The third-order valence-corrected chi connectivity index (χ3v) is 16.0. The first-order chi connectivity index (χ1) is 37.5. The van der Waals surface area contributed by atoms with E-state index in [0.717, 1.165) is 64.2 Å². The number of hydrogen-bond acceptors (Lipinski definition) is 6. The Kier molecular flexibility index (Phi) is 64.1. The maximum atomic E-state index is 12.9. The summed E-state index contributed by atoms with van der Waals surface area (Å²) in [7, 11) is 0. The third-order valence-electron chi connectivity index (χ3n) is 16.0. The van der Waals surface area contributed by atoms with Crippen molar-refractivity contribution in [3.63, 3.8) is 0 Å². The van der Waals surface area contributed by atoms with Gasteiger partial charge in [0.25, 0.3) is 0 Å². The van der Waals surface area contributed by atoms with Crippen molar-refractivity contribution in [2.24, 2.45) is 0 Å². The summed E-state index contributed by atoms with van der Waals surface area (Å²) in [5.74, 6) is -0.845. The lowest BCUT2D eigenvalue weighted by Crippen LogP contribution is -2.30. The van der Waals surface area contributed by atoms with Crippen molar-refractivity contribution >= 4 is 17.9 Å².